The van der Waals surface area contributed by atoms with Crippen molar-refractivity contribution in [3.8, 4) is 0 Å². The molecule has 0 aromatic carbocycles. The van der Waals surface area contributed by atoms with Crippen molar-refractivity contribution in [3.05, 3.63) is 11.8 Å². The molecule has 1 aliphatic heterocycles. The van der Waals surface area contributed by atoms with Crippen molar-refractivity contribution in [2.45, 2.75) is 13.3 Å². The molecule has 0 bridgehead atoms. The zero-order valence-corrected chi connectivity index (χ0v) is 7.03. The molecule has 6 nitrogen and oxygen atoms in total. The molecule has 1 heterocycles. The molecule has 2 amide bonds. The van der Waals surface area contributed by atoms with E-state index >= 15 is 0 Å². The van der Waals surface area contributed by atoms with Gasteiger partial charge >= 0.3 is 5.91 Å². The molecule has 0 aliphatic carbocycles. The average molecular weight is 183 g/mol. The highest BCUT2D eigenvalue weighted by molar-refractivity contribution is 6.00. The van der Waals surface area contributed by atoms with Gasteiger partial charge in [-0.1, -0.05) is 0 Å². The topological polar surface area (TPSA) is 93.8 Å². The lowest BCUT2D eigenvalue weighted by atomic mass is 10.4. The van der Waals surface area contributed by atoms with Crippen molar-refractivity contribution >= 4 is 17.7 Å². The van der Waals surface area contributed by atoms with Crippen LogP contribution in [0.5, 0.6) is 0 Å². The van der Waals surface area contributed by atoms with Crippen molar-refractivity contribution in [1.29, 1.82) is 0 Å². The fraction of sp³-hybridized carbons (Fsp3) is 0.286. The van der Waals surface area contributed by atoms with E-state index in [1.165, 1.54) is 13.0 Å². The second-order valence-electron chi connectivity index (χ2n) is 2.37. The first-order valence-corrected chi connectivity index (χ1v) is 3.60. The molecule has 0 saturated heterocycles. The van der Waals surface area contributed by atoms with Gasteiger partial charge in [0, 0.05) is 13.3 Å². The zero-order valence-electron chi connectivity index (χ0n) is 7.03. The molecule has 0 spiro atoms. The van der Waals surface area contributed by atoms with Crippen LogP contribution in [0.25, 0.3) is 0 Å². The molecule has 70 valence electrons. The van der Waals surface area contributed by atoms with Crippen molar-refractivity contribution in [2.75, 3.05) is 0 Å². The molecule has 0 unspecified atom stereocenters. The lowest BCUT2D eigenvalue weighted by Crippen LogP contribution is -2.31. The molecule has 0 aromatic rings. The van der Waals surface area contributed by atoms with E-state index in [1.807, 2.05) is 5.43 Å². The normalized spacial score (nSPS) is 18.0. The lowest BCUT2D eigenvalue weighted by Gasteiger charge is -2.00. The number of hydrogen-bond acceptors (Lipinski definition) is 4. The number of hydrazine groups is 1. The summed E-state index contributed by atoms with van der Waals surface area (Å²) >= 11 is 0. The summed E-state index contributed by atoms with van der Waals surface area (Å²) in [7, 11) is 0. The third-order valence-electron chi connectivity index (χ3n) is 1.33. The van der Waals surface area contributed by atoms with E-state index in [-0.39, 0.29) is 17.6 Å². The molecular weight excluding hydrogens is 174 g/mol. The molecule has 13 heavy (non-hydrogen) atoms. The smallest absolute Gasteiger partial charge is 0.300 e. The number of hydrogen-bond donors (Lipinski definition) is 2. The minimum Gasteiger partial charge on any atom is -0.437 e. The standard InChI is InChI=1S/C7H9N3O3/c1-4(11)9-6-3-2-5(13-6)7(12)10-8/h2H,3,8H2,1H3,(H,10,12). The number of carbonyl (C=O) groups excluding carboxylic acids is 2. The van der Waals surface area contributed by atoms with Crippen molar-refractivity contribution < 1.29 is 14.3 Å². The van der Waals surface area contributed by atoms with Crippen LogP contribution in [0.2, 0.25) is 0 Å². The third kappa shape index (κ3) is 2.38. The Bertz CT molecular complexity index is 306. The van der Waals surface area contributed by atoms with Gasteiger partial charge in [0.05, 0.1) is 0 Å². The van der Waals surface area contributed by atoms with E-state index in [1.54, 1.807) is 0 Å². The van der Waals surface area contributed by atoms with E-state index in [2.05, 4.69) is 4.99 Å². The molecule has 0 fully saturated rings. The molecular formula is C7H9N3O3. The Morgan fingerprint density at radius 2 is 2.38 bits per heavy atom. The maximum Gasteiger partial charge on any atom is 0.300 e. The first-order valence-electron chi connectivity index (χ1n) is 3.60. The summed E-state index contributed by atoms with van der Waals surface area (Å²) in [6.07, 6.45) is 1.84. The Hall–Kier alpha value is -1.69. The van der Waals surface area contributed by atoms with Crippen LogP contribution < -0.4 is 11.3 Å². The van der Waals surface area contributed by atoms with Crippen molar-refractivity contribution in [2.24, 2.45) is 10.8 Å². The maximum absolute atomic E-state index is 10.9. The fourth-order valence-corrected chi connectivity index (χ4v) is 0.845. The number of nitrogens with one attached hydrogen (secondary N) is 1. The average Bonchev–Trinajstić information content (AvgIpc) is 2.50. The monoisotopic (exact) mass is 183 g/mol. The molecule has 0 saturated carbocycles. The summed E-state index contributed by atoms with van der Waals surface area (Å²) < 4.78 is 4.92. The summed E-state index contributed by atoms with van der Waals surface area (Å²) in [6, 6.07) is 0. The van der Waals surface area contributed by atoms with Gasteiger partial charge in [-0.2, -0.15) is 4.99 Å². The van der Waals surface area contributed by atoms with Gasteiger partial charge in [-0.3, -0.25) is 15.0 Å². The Kier molecular flexibility index (Phi) is 2.76. The molecule has 1 rings (SSSR count). The Morgan fingerprint density at radius 1 is 1.69 bits per heavy atom. The summed E-state index contributed by atoms with van der Waals surface area (Å²) in [6.45, 7) is 1.30. The van der Waals surface area contributed by atoms with Gasteiger partial charge in [0.15, 0.2) is 5.76 Å². The van der Waals surface area contributed by atoms with E-state index in [9.17, 15) is 9.59 Å². The van der Waals surface area contributed by atoms with Crippen LogP contribution in [0.1, 0.15) is 13.3 Å². The van der Waals surface area contributed by atoms with E-state index in [0.717, 1.165) is 0 Å². The van der Waals surface area contributed by atoms with Crippen LogP contribution in [0.4, 0.5) is 0 Å². The molecule has 0 aromatic heterocycles. The number of carbonyl (C=O) groups is 2. The van der Waals surface area contributed by atoms with Crippen molar-refractivity contribution in [3.63, 3.8) is 0 Å². The predicted octanol–water partition coefficient (Wildman–Crippen LogP) is -0.774. The van der Waals surface area contributed by atoms with Gasteiger partial charge < -0.3 is 4.74 Å². The van der Waals surface area contributed by atoms with Gasteiger partial charge in [-0.15, -0.1) is 0 Å². The molecule has 0 atom stereocenters. The van der Waals surface area contributed by atoms with Gasteiger partial charge in [0.25, 0.3) is 0 Å². The van der Waals surface area contributed by atoms with E-state index in [4.69, 9.17) is 10.6 Å². The van der Waals surface area contributed by atoms with E-state index in [0.29, 0.717) is 6.42 Å². The lowest BCUT2D eigenvalue weighted by molar-refractivity contribution is -0.120. The summed E-state index contributed by atoms with van der Waals surface area (Å²) in [4.78, 5) is 24.9. The number of amides is 2. The summed E-state index contributed by atoms with van der Waals surface area (Å²) in [5.41, 5.74) is 1.91. The molecule has 0 radical (unpaired) electrons. The number of ether oxygens (including phenoxy) is 1. The van der Waals surface area contributed by atoms with Crippen LogP contribution in [-0.2, 0) is 14.3 Å². The summed E-state index contributed by atoms with van der Waals surface area (Å²) in [5.74, 6) is 4.26. The SMILES string of the molecule is CC(=O)N=C1CC=C(C(=O)NN)O1. The van der Waals surface area contributed by atoms with Gasteiger partial charge in [0.2, 0.25) is 11.8 Å². The first-order chi connectivity index (χ1) is 6.13. The first kappa shape index (κ1) is 9.40. The number of aliphatic imine (C=N–C) groups is 1. The highest BCUT2D eigenvalue weighted by Crippen LogP contribution is 2.11. The summed E-state index contributed by atoms with van der Waals surface area (Å²) in [5, 5.41) is 0. The molecule has 3 N–H and O–H groups in total. The van der Waals surface area contributed by atoms with Crippen molar-refractivity contribution in [1.82, 2.24) is 5.43 Å². The number of nitrogens with zero attached hydrogens (tertiary/aromatic N) is 1. The largest absolute Gasteiger partial charge is 0.437 e. The Balaban J connectivity index is 2.61. The Morgan fingerprint density at radius 3 is 2.92 bits per heavy atom. The van der Waals surface area contributed by atoms with E-state index < -0.39 is 5.91 Å². The van der Waals surface area contributed by atoms with Crippen LogP contribution in [0.3, 0.4) is 0 Å². The second-order valence-corrected chi connectivity index (χ2v) is 2.37. The quantitative estimate of drug-likeness (QED) is 0.317. The van der Waals surface area contributed by atoms with Crippen LogP contribution in [0, 0.1) is 0 Å². The van der Waals surface area contributed by atoms with Gasteiger partial charge in [0.1, 0.15) is 0 Å². The minimum absolute atomic E-state index is 0.0718. The predicted molar refractivity (Wildman–Crippen MR) is 44.2 cm³/mol. The van der Waals surface area contributed by atoms with Crippen LogP contribution >= 0.6 is 0 Å². The third-order valence-corrected chi connectivity index (χ3v) is 1.33. The number of nitrogens with two attached hydrogens (primary N) is 1. The second kappa shape index (κ2) is 3.81. The van der Waals surface area contributed by atoms with Gasteiger partial charge in [-0.25, -0.2) is 5.84 Å². The zero-order chi connectivity index (χ0) is 9.84. The molecule has 1 aliphatic rings. The molecule has 6 heteroatoms. The minimum atomic E-state index is -0.534. The van der Waals surface area contributed by atoms with Crippen LogP contribution in [-0.4, -0.2) is 17.7 Å². The van der Waals surface area contributed by atoms with Crippen LogP contribution in [0.15, 0.2) is 16.8 Å². The Labute approximate surface area is 74.4 Å². The number of rotatable bonds is 1. The fourth-order valence-electron chi connectivity index (χ4n) is 0.845. The maximum atomic E-state index is 10.9. The highest BCUT2D eigenvalue weighted by atomic mass is 16.5. The highest BCUT2D eigenvalue weighted by Gasteiger charge is 2.19. The van der Waals surface area contributed by atoms with Gasteiger partial charge in [-0.05, 0) is 6.08 Å².